The van der Waals surface area contributed by atoms with Crippen molar-refractivity contribution in [2.45, 2.75) is 26.3 Å². The van der Waals surface area contributed by atoms with Crippen LogP contribution in [0.25, 0.3) is 44.3 Å². The minimum absolute atomic E-state index is 0.0647. The van der Waals surface area contributed by atoms with E-state index in [-0.39, 0.29) is 5.75 Å². The number of aromatic hydroxyl groups is 1. The van der Waals surface area contributed by atoms with Crippen molar-refractivity contribution in [3.8, 4) is 56.9 Å². The van der Waals surface area contributed by atoms with E-state index in [9.17, 15) is 14.7 Å². The highest BCUT2D eigenvalue weighted by atomic mass is 16.5. The predicted molar refractivity (Wildman–Crippen MR) is 162 cm³/mol. The molecule has 0 saturated heterocycles. The first kappa shape index (κ1) is 28.0. The van der Waals surface area contributed by atoms with Gasteiger partial charge >= 0.3 is 5.63 Å². The Kier molecular flexibility index (Phi) is 7.13. The van der Waals surface area contributed by atoms with Crippen LogP contribution in [0.2, 0.25) is 0 Å². The third kappa shape index (κ3) is 4.24. The van der Waals surface area contributed by atoms with Crippen molar-refractivity contribution < 1.29 is 38.0 Å². The van der Waals surface area contributed by atoms with Gasteiger partial charge in [0.25, 0.3) is 0 Å². The molecule has 10 nitrogen and oxygen atoms in total. The monoisotopic (exact) mass is 585 g/mol. The molecule has 0 fully saturated rings. The molecule has 3 aromatic carbocycles. The third-order valence-electron chi connectivity index (χ3n) is 7.90. The Bertz CT molecular complexity index is 1970. The van der Waals surface area contributed by atoms with Gasteiger partial charge in [-0.2, -0.15) is 0 Å². The number of phenolic OH excluding ortho intramolecular Hbond substituents is 1. The van der Waals surface area contributed by atoms with E-state index in [2.05, 4.69) is 0 Å². The molecule has 3 heterocycles. The lowest BCUT2D eigenvalue weighted by Crippen LogP contribution is -2.16. The average Bonchev–Trinajstić information content (AvgIpc) is 3.38. The number of phenols is 1. The van der Waals surface area contributed by atoms with E-state index < -0.39 is 5.63 Å². The van der Waals surface area contributed by atoms with Crippen LogP contribution in [-0.2, 0) is 13.0 Å². The topological polar surface area (TPSA) is 119 Å². The van der Waals surface area contributed by atoms with Gasteiger partial charge in [0.05, 0.1) is 46.3 Å². The van der Waals surface area contributed by atoms with Crippen molar-refractivity contribution in [3.05, 3.63) is 57.9 Å². The quantitative estimate of drug-likeness (QED) is 0.165. The summed E-state index contributed by atoms with van der Waals surface area (Å²) in [6.07, 6.45) is 2.01. The standard InChI is InChI=1S/C33H31NO9/c1-6-11-42-26-15-24-20(14-25(26)39-3)29-28(17-7-8-23(38-2)22(36)12-17)30-19-13-27(40-4)32(41-5)21(16-35)18(19)9-10-34(30)31(29)33(37)43-24/h7-8,12-16,36H,6,9-11H2,1-5H3. The first-order valence-electron chi connectivity index (χ1n) is 13.8. The maximum atomic E-state index is 13.8. The van der Waals surface area contributed by atoms with Gasteiger partial charge in [-0.05, 0) is 48.2 Å². The number of aromatic nitrogens is 1. The molecule has 0 radical (unpaired) electrons. The zero-order valence-electron chi connectivity index (χ0n) is 24.5. The highest BCUT2D eigenvalue weighted by Gasteiger charge is 2.32. The Morgan fingerprint density at radius 1 is 0.953 bits per heavy atom. The molecule has 43 heavy (non-hydrogen) atoms. The van der Waals surface area contributed by atoms with Crippen molar-refractivity contribution in [2.75, 3.05) is 35.0 Å². The van der Waals surface area contributed by atoms with Crippen LogP contribution >= 0.6 is 0 Å². The predicted octanol–water partition coefficient (Wildman–Crippen LogP) is 5.98. The molecule has 5 aromatic rings. The molecule has 1 N–H and O–H groups in total. The molecular weight excluding hydrogens is 554 g/mol. The fourth-order valence-corrected chi connectivity index (χ4v) is 6.07. The number of nitrogens with zero attached hydrogens (tertiary/aromatic N) is 1. The number of aryl methyl sites for hydroxylation is 1. The molecule has 10 heteroatoms. The van der Waals surface area contributed by atoms with Crippen LogP contribution < -0.4 is 29.3 Å². The number of carbonyl (C=O) groups is 1. The number of benzene rings is 3. The first-order chi connectivity index (χ1) is 20.9. The summed E-state index contributed by atoms with van der Waals surface area (Å²) < 4.78 is 35.9. The summed E-state index contributed by atoms with van der Waals surface area (Å²) in [6, 6.07) is 10.4. The van der Waals surface area contributed by atoms with Gasteiger partial charge in [-0.15, -0.1) is 0 Å². The van der Waals surface area contributed by atoms with Crippen molar-refractivity contribution in [3.63, 3.8) is 0 Å². The number of hydrogen-bond donors (Lipinski definition) is 1. The molecule has 222 valence electrons. The molecule has 1 aliphatic rings. The van der Waals surface area contributed by atoms with Gasteiger partial charge in [-0.1, -0.05) is 13.0 Å². The van der Waals surface area contributed by atoms with Gasteiger partial charge in [0.2, 0.25) is 0 Å². The minimum Gasteiger partial charge on any atom is -0.504 e. The summed E-state index contributed by atoms with van der Waals surface area (Å²) in [6.45, 7) is 2.85. The largest absolute Gasteiger partial charge is 0.504 e. The van der Waals surface area contributed by atoms with Crippen LogP contribution in [0.15, 0.2) is 45.6 Å². The number of ether oxygens (including phenoxy) is 5. The average molecular weight is 586 g/mol. The maximum Gasteiger partial charge on any atom is 0.361 e. The van der Waals surface area contributed by atoms with Crippen molar-refractivity contribution in [1.82, 2.24) is 4.57 Å². The lowest BCUT2D eigenvalue weighted by atomic mass is 9.89. The van der Waals surface area contributed by atoms with Gasteiger partial charge in [-0.25, -0.2) is 4.79 Å². The van der Waals surface area contributed by atoms with Crippen LogP contribution in [0.4, 0.5) is 0 Å². The second kappa shape index (κ2) is 10.9. The van der Waals surface area contributed by atoms with E-state index in [0.29, 0.717) is 98.1 Å². The van der Waals surface area contributed by atoms with Crippen LogP contribution in [0.1, 0.15) is 29.3 Å². The minimum atomic E-state index is -0.529. The van der Waals surface area contributed by atoms with E-state index in [1.165, 1.54) is 21.3 Å². The Morgan fingerprint density at radius 3 is 2.37 bits per heavy atom. The number of carbonyl (C=O) groups excluding carboxylic acids is 1. The highest BCUT2D eigenvalue weighted by Crippen LogP contribution is 2.51. The van der Waals surface area contributed by atoms with Gasteiger partial charge < -0.3 is 37.8 Å². The van der Waals surface area contributed by atoms with Gasteiger partial charge in [-0.3, -0.25) is 4.79 Å². The number of aldehydes is 1. The fraction of sp³-hybridized carbons (Fsp3) is 0.273. The second-order valence-corrected chi connectivity index (χ2v) is 10.1. The zero-order valence-corrected chi connectivity index (χ0v) is 24.5. The number of fused-ring (bicyclic) bond motifs is 7. The molecule has 1 aliphatic heterocycles. The number of methoxy groups -OCH3 is 4. The molecule has 0 spiro atoms. The molecule has 0 unspecified atom stereocenters. The summed E-state index contributed by atoms with van der Waals surface area (Å²) in [4.78, 5) is 26.2. The summed E-state index contributed by atoms with van der Waals surface area (Å²) in [5.74, 6) is 1.91. The molecule has 0 bridgehead atoms. The molecule has 6 rings (SSSR count). The lowest BCUT2D eigenvalue weighted by molar-refractivity contribution is 0.111. The summed E-state index contributed by atoms with van der Waals surface area (Å²) >= 11 is 0. The Hall–Kier alpha value is -5.12. The summed E-state index contributed by atoms with van der Waals surface area (Å²) in [5.41, 5.74) is 3.97. The van der Waals surface area contributed by atoms with Gasteiger partial charge in [0.15, 0.2) is 40.8 Å². The SMILES string of the molecule is CCCOc1cc2oc(=O)c3c(c(-c4ccc(OC)c(O)c4)c4n3CCc3c-4cc(OC)c(OC)c3C=O)c2cc1OC. The Labute approximate surface area is 246 Å². The fourth-order valence-electron chi connectivity index (χ4n) is 6.07. The first-order valence-corrected chi connectivity index (χ1v) is 13.8. The number of hydrogen-bond acceptors (Lipinski definition) is 9. The molecule has 0 atom stereocenters. The van der Waals surface area contributed by atoms with Crippen molar-refractivity contribution >= 4 is 28.2 Å². The summed E-state index contributed by atoms with van der Waals surface area (Å²) in [7, 11) is 6.03. The normalized spacial score (nSPS) is 12.1. The maximum absolute atomic E-state index is 13.8. The number of rotatable bonds is 9. The van der Waals surface area contributed by atoms with E-state index >= 15 is 0 Å². The second-order valence-electron chi connectivity index (χ2n) is 10.1. The molecular formula is C33H31NO9. The van der Waals surface area contributed by atoms with E-state index in [0.717, 1.165) is 18.3 Å². The molecule has 0 aliphatic carbocycles. The van der Waals surface area contributed by atoms with Gasteiger partial charge in [0, 0.05) is 34.5 Å². The van der Waals surface area contributed by atoms with Gasteiger partial charge in [0.1, 0.15) is 11.1 Å². The van der Waals surface area contributed by atoms with E-state index in [1.807, 2.05) is 23.6 Å². The molecule has 0 saturated carbocycles. The van der Waals surface area contributed by atoms with E-state index in [4.69, 9.17) is 28.1 Å². The smallest absolute Gasteiger partial charge is 0.361 e. The Balaban J connectivity index is 1.81. The van der Waals surface area contributed by atoms with E-state index in [1.54, 1.807) is 31.4 Å². The van der Waals surface area contributed by atoms with Crippen LogP contribution in [0.5, 0.6) is 34.5 Å². The Morgan fingerprint density at radius 2 is 1.72 bits per heavy atom. The molecule has 2 aromatic heterocycles. The highest BCUT2D eigenvalue weighted by molar-refractivity contribution is 6.17. The van der Waals surface area contributed by atoms with Crippen molar-refractivity contribution in [1.29, 1.82) is 0 Å². The third-order valence-corrected chi connectivity index (χ3v) is 7.90. The van der Waals surface area contributed by atoms with Crippen molar-refractivity contribution in [2.24, 2.45) is 0 Å². The van der Waals surface area contributed by atoms with Crippen LogP contribution in [0.3, 0.4) is 0 Å². The molecule has 0 amide bonds. The van der Waals surface area contributed by atoms with Crippen LogP contribution in [0, 0.1) is 0 Å². The lowest BCUT2D eigenvalue weighted by Gasteiger charge is -2.25. The zero-order chi connectivity index (χ0) is 30.4. The van der Waals surface area contributed by atoms with Crippen LogP contribution in [-0.4, -0.2) is 51.0 Å². The summed E-state index contributed by atoms with van der Waals surface area (Å²) in [5, 5.41) is 12.1.